The van der Waals surface area contributed by atoms with E-state index in [0.717, 1.165) is 11.8 Å². The molecule has 6 nitrogen and oxygen atoms in total. The molecule has 0 saturated heterocycles. The summed E-state index contributed by atoms with van der Waals surface area (Å²) in [5, 5.41) is 5.49. The highest BCUT2D eigenvalue weighted by atomic mass is 32.1. The molecule has 0 radical (unpaired) electrons. The predicted octanol–water partition coefficient (Wildman–Crippen LogP) is 3.93. The summed E-state index contributed by atoms with van der Waals surface area (Å²) in [4.78, 5) is 32.4. The molecule has 0 atom stereocenters. The Bertz CT molecular complexity index is 1090. The number of amides is 2. The molecule has 0 fully saturated rings. The quantitative estimate of drug-likeness (QED) is 0.690. The largest absolute Gasteiger partial charge is 0.393 e. The number of halogens is 3. The fourth-order valence-corrected chi connectivity index (χ4v) is 3.92. The van der Waals surface area contributed by atoms with Gasteiger partial charge in [-0.1, -0.05) is 0 Å². The SMILES string of the molecule is O=C1CCc2cc(NC(=O)c3ccncc3CC(F)(F)F)c3scnc3c2N1. The Labute approximate surface area is 160 Å². The number of carbonyl (C=O) groups excluding carboxylic acids is 2. The molecule has 1 aliphatic heterocycles. The van der Waals surface area contributed by atoms with Crippen LogP contribution in [0.15, 0.2) is 30.0 Å². The van der Waals surface area contributed by atoms with Crippen LogP contribution >= 0.6 is 11.3 Å². The van der Waals surface area contributed by atoms with Crippen LogP contribution in [0.25, 0.3) is 10.2 Å². The number of carbonyl (C=O) groups is 2. The Morgan fingerprint density at radius 3 is 2.93 bits per heavy atom. The summed E-state index contributed by atoms with van der Waals surface area (Å²) in [5.74, 6) is -0.761. The van der Waals surface area contributed by atoms with Gasteiger partial charge in [0.05, 0.1) is 28.0 Å². The smallest absolute Gasteiger partial charge is 0.324 e. The molecule has 28 heavy (non-hydrogen) atoms. The maximum absolute atomic E-state index is 12.8. The first kappa shape index (κ1) is 18.4. The molecule has 3 heterocycles. The highest BCUT2D eigenvalue weighted by Crippen LogP contribution is 2.38. The van der Waals surface area contributed by atoms with E-state index < -0.39 is 18.5 Å². The minimum absolute atomic E-state index is 0.0870. The number of rotatable bonds is 3. The Hall–Kier alpha value is -3.01. The van der Waals surface area contributed by atoms with E-state index in [1.165, 1.54) is 23.6 Å². The second kappa shape index (κ2) is 6.86. The maximum atomic E-state index is 12.8. The lowest BCUT2D eigenvalue weighted by Crippen LogP contribution is -2.21. The van der Waals surface area contributed by atoms with Crippen molar-refractivity contribution in [3.05, 3.63) is 46.7 Å². The van der Waals surface area contributed by atoms with Crippen molar-refractivity contribution in [2.24, 2.45) is 0 Å². The molecule has 2 amide bonds. The Morgan fingerprint density at radius 1 is 1.32 bits per heavy atom. The normalized spacial score (nSPS) is 13.9. The zero-order valence-corrected chi connectivity index (χ0v) is 15.1. The van der Waals surface area contributed by atoms with Crippen LogP contribution in [0.1, 0.15) is 27.9 Å². The molecule has 4 rings (SSSR count). The van der Waals surface area contributed by atoms with Gasteiger partial charge in [-0.25, -0.2) is 4.98 Å². The number of nitrogens with one attached hydrogen (secondary N) is 2. The van der Waals surface area contributed by atoms with Gasteiger partial charge >= 0.3 is 6.18 Å². The first-order valence-corrected chi connectivity index (χ1v) is 9.20. The molecule has 0 saturated carbocycles. The van der Waals surface area contributed by atoms with Crippen molar-refractivity contribution in [3.63, 3.8) is 0 Å². The standard InChI is InChI=1S/C18H13F3N4O2S/c19-18(20,21)6-10-7-22-4-3-11(10)17(27)24-12-5-9-1-2-13(26)25-14(9)15-16(12)28-8-23-15/h3-5,7-8H,1-2,6H2,(H,24,27)(H,25,26). The van der Waals surface area contributed by atoms with E-state index in [9.17, 15) is 22.8 Å². The van der Waals surface area contributed by atoms with E-state index in [4.69, 9.17) is 0 Å². The van der Waals surface area contributed by atoms with E-state index >= 15 is 0 Å². The molecule has 3 aromatic rings. The lowest BCUT2D eigenvalue weighted by Gasteiger charge is -2.19. The highest BCUT2D eigenvalue weighted by Gasteiger charge is 2.30. The first-order valence-electron chi connectivity index (χ1n) is 8.32. The molecule has 10 heteroatoms. The van der Waals surface area contributed by atoms with Crippen LogP contribution in [0, 0.1) is 0 Å². The number of pyridine rings is 1. The van der Waals surface area contributed by atoms with Crippen LogP contribution in [0.2, 0.25) is 0 Å². The molecule has 2 N–H and O–H groups in total. The summed E-state index contributed by atoms with van der Waals surface area (Å²) < 4.78 is 39.0. The van der Waals surface area contributed by atoms with Gasteiger partial charge in [0.25, 0.3) is 5.91 Å². The first-order chi connectivity index (χ1) is 13.3. The predicted molar refractivity (Wildman–Crippen MR) is 98.5 cm³/mol. The fraction of sp³-hybridized carbons (Fsp3) is 0.222. The second-order valence-electron chi connectivity index (χ2n) is 6.32. The molecular weight excluding hydrogens is 393 g/mol. The van der Waals surface area contributed by atoms with Crippen LogP contribution in [0.3, 0.4) is 0 Å². The summed E-state index contributed by atoms with van der Waals surface area (Å²) in [7, 11) is 0. The summed E-state index contributed by atoms with van der Waals surface area (Å²) in [6.45, 7) is 0. The van der Waals surface area contributed by atoms with Gasteiger partial charge in [-0.15, -0.1) is 11.3 Å². The number of nitrogens with zero attached hydrogens (tertiary/aromatic N) is 2. The van der Waals surface area contributed by atoms with Gasteiger partial charge < -0.3 is 10.6 Å². The van der Waals surface area contributed by atoms with Gasteiger partial charge in [0, 0.05) is 24.4 Å². The van der Waals surface area contributed by atoms with Gasteiger partial charge in [0.15, 0.2) is 0 Å². The minimum atomic E-state index is -4.45. The topological polar surface area (TPSA) is 84.0 Å². The van der Waals surface area contributed by atoms with Crippen molar-refractivity contribution in [2.45, 2.75) is 25.4 Å². The van der Waals surface area contributed by atoms with Crippen LogP contribution in [-0.2, 0) is 17.6 Å². The lowest BCUT2D eigenvalue weighted by atomic mass is 10.0. The second-order valence-corrected chi connectivity index (χ2v) is 7.17. The van der Waals surface area contributed by atoms with Crippen molar-refractivity contribution in [3.8, 4) is 0 Å². The van der Waals surface area contributed by atoms with Gasteiger partial charge in [-0.3, -0.25) is 14.6 Å². The van der Waals surface area contributed by atoms with E-state index in [1.807, 2.05) is 0 Å². The fourth-order valence-electron chi connectivity index (χ4n) is 3.15. The molecule has 0 aliphatic carbocycles. The lowest BCUT2D eigenvalue weighted by molar-refractivity contribution is -0.127. The number of hydrogen-bond donors (Lipinski definition) is 2. The van der Waals surface area contributed by atoms with E-state index in [1.54, 1.807) is 11.6 Å². The molecule has 144 valence electrons. The summed E-state index contributed by atoms with van der Waals surface area (Å²) >= 11 is 1.27. The van der Waals surface area contributed by atoms with Gasteiger partial charge in [-0.2, -0.15) is 13.2 Å². The molecular formula is C18H13F3N4O2S. The average molecular weight is 406 g/mol. The minimum Gasteiger partial charge on any atom is -0.324 e. The van der Waals surface area contributed by atoms with Crippen LogP contribution < -0.4 is 10.6 Å². The van der Waals surface area contributed by atoms with Crippen LogP contribution in [0.4, 0.5) is 24.5 Å². The van der Waals surface area contributed by atoms with Crippen molar-refractivity contribution in [2.75, 3.05) is 10.6 Å². The van der Waals surface area contributed by atoms with Gasteiger partial charge in [0.1, 0.15) is 5.52 Å². The monoisotopic (exact) mass is 406 g/mol. The summed E-state index contributed by atoms with van der Waals surface area (Å²) in [6, 6.07) is 3.00. The maximum Gasteiger partial charge on any atom is 0.393 e. The number of hydrogen-bond acceptors (Lipinski definition) is 5. The van der Waals surface area contributed by atoms with Gasteiger partial charge in [0.2, 0.25) is 5.91 Å². The van der Waals surface area contributed by atoms with E-state index in [0.29, 0.717) is 34.4 Å². The Balaban J connectivity index is 1.70. The molecule has 0 unspecified atom stereocenters. The zero-order chi connectivity index (χ0) is 19.9. The van der Waals surface area contributed by atoms with Crippen molar-refractivity contribution in [1.29, 1.82) is 0 Å². The molecule has 0 bridgehead atoms. The zero-order valence-electron chi connectivity index (χ0n) is 14.3. The number of fused-ring (bicyclic) bond motifs is 3. The number of aryl methyl sites for hydroxylation is 1. The number of thiazole rings is 1. The van der Waals surface area contributed by atoms with Crippen molar-refractivity contribution >= 4 is 44.7 Å². The number of benzene rings is 1. The number of aromatic nitrogens is 2. The Kier molecular flexibility index (Phi) is 4.50. The van der Waals surface area contributed by atoms with E-state index in [-0.39, 0.29) is 17.0 Å². The third kappa shape index (κ3) is 3.55. The third-order valence-electron chi connectivity index (χ3n) is 4.36. The Morgan fingerprint density at radius 2 is 2.14 bits per heavy atom. The van der Waals surface area contributed by atoms with Gasteiger partial charge in [-0.05, 0) is 29.7 Å². The highest BCUT2D eigenvalue weighted by molar-refractivity contribution is 7.17. The van der Waals surface area contributed by atoms with Crippen molar-refractivity contribution < 1.29 is 22.8 Å². The van der Waals surface area contributed by atoms with Crippen LogP contribution in [0.5, 0.6) is 0 Å². The third-order valence-corrected chi connectivity index (χ3v) is 5.22. The molecule has 1 aromatic carbocycles. The van der Waals surface area contributed by atoms with Crippen LogP contribution in [-0.4, -0.2) is 28.0 Å². The average Bonchev–Trinajstić information content (AvgIpc) is 3.12. The summed E-state index contributed by atoms with van der Waals surface area (Å²) in [6.07, 6.45) is -2.56. The summed E-state index contributed by atoms with van der Waals surface area (Å²) in [5.41, 5.74) is 3.74. The van der Waals surface area contributed by atoms with Crippen molar-refractivity contribution in [1.82, 2.24) is 9.97 Å². The molecule has 1 aliphatic rings. The molecule has 0 spiro atoms. The van der Waals surface area contributed by atoms with E-state index in [2.05, 4.69) is 20.6 Å². The molecule has 2 aromatic heterocycles. The number of alkyl halides is 3. The number of anilines is 2.